The molecule has 4 heterocycles. The Morgan fingerprint density at radius 1 is 1.31 bits per heavy atom. The van der Waals surface area contributed by atoms with E-state index in [9.17, 15) is 9.59 Å². The molecule has 0 aliphatic carbocycles. The lowest BCUT2D eigenvalue weighted by Gasteiger charge is -2.42. The highest BCUT2D eigenvalue weighted by Gasteiger charge is 2.57. The smallest absolute Gasteiger partial charge is 0.263 e. The molecule has 0 aromatic carbocycles. The zero-order chi connectivity index (χ0) is 18.3. The van der Waals surface area contributed by atoms with E-state index in [1.807, 2.05) is 24.0 Å². The molecule has 0 unspecified atom stereocenters. The maximum Gasteiger partial charge on any atom is 0.263 e. The molecule has 1 aromatic rings. The van der Waals surface area contributed by atoms with Gasteiger partial charge >= 0.3 is 0 Å². The van der Waals surface area contributed by atoms with Crippen LogP contribution in [0.1, 0.15) is 47.2 Å². The van der Waals surface area contributed by atoms with Crippen LogP contribution in [0.25, 0.3) is 0 Å². The number of nitrogens with one attached hydrogen (secondary N) is 1. The molecule has 1 N–H and O–H groups in total. The molecule has 2 atom stereocenters. The van der Waals surface area contributed by atoms with Crippen LogP contribution >= 0.6 is 11.3 Å². The standard InChI is InChI=1S/C20H29N3O2S/c1-3-4-9-22-12-15-16(13-22)20(21-18(15)24)7-10-23(11-8-20)19(25)17-6-5-14(2)26-17/h5-6,15-16H,3-4,7-13H2,1-2H3,(H,21,24)/t15-,16+/m1/s1. The number of hydrogen-bond acceptors (Lipinski definition) is 4. The molecule has 142 valence electrons. The molecule has 3 aliphatic heterocycles. The first-order chi connectivity index (χ1) is 12.5. The van der Waals surface area contributed by atoms with Gasteiger partial charge in [-0.1, -0.05) is 13.3 Å². The Labute approximate surface area is 159 Å². The number of aryl methyl sites for hydroxylation is 1. The monoisotopic (exact) mass is 375 g/mol. The fraction of sp³-hybridized carbons (Fsp3) is 0.700. The van der Waals surface area contributed by atoms with E-state index in [1.165, 1.54) is 17.7 Å². The van der Waals surface area contributed by atoms with Gasteiger partial charge < -0.3 is 15.1 Å². The molecule has 6 heteroatoms. The van der Waals surface area contributed by atoms with Crippen LogP contribution in [-0.4, -0.2) is 59.9 Å². The zero-order valence-electron chi connectivity index (χ0n) is 15.8. The van der Waals surface area contributed by atoms with E-state index in [2.05, 4.69) is 17.1 Å². The van der Waals surface area contributed by atoms with Gasteiger partial charge in [-0.15, -0.1) is 11.3 Å². The van der Waals surface area contributed by atoms with Crippen LogP contribution in [-0.2, 0) is 4.79 Å². The molecule has 3 fully saturated rings. The summed E-state index contributed by atoms with van der Waals surface area (Å²) in [6.45, 7) is 8.78. The van der Waals surface area contributed by atoms with Crippen molar-refractivity contribution in [2.45, 2.75) is 45.1 Å². The molecular weight excluding hydrogens is 346 g/mol. The average molecular weight is 376 g/mol. The van der Waals surface area contributed by atoms with Gasteiger partial charge in [0.2, 0.25) is 5.91 Å². The lowest BCUT2D eigenvalue weighted by molar-refractivity contribution is -0.123. The van der Waals surface area contributed by atoms with Crippen LogP contribution in [0.2, 0.25) is 0 Å². The van der Waals surface area contributed by atoms with E-state index >= 15 is 0 Å². The summed E-state index contributed by atoms with van der Waals surface area (Å²) >= 11 is 1.57. The highest BCUT2D eigenvalue weighted by Crippen LogP contribution is 2.44. The number of piperidine rings is 1. The second-order valence-electron chi connectivity index (χ2n) is 8.17. The van der Waals surface area contributed by atoms with Crippen molar-refractivity contribution in [1.29, 1.82) is 0 Å². The summed E-state index contributed by atoms with van der Waals surface area (Å²) in [7, 11) is 0. The highest BCUT2D eigenvalue weighted by molar-refractivity contribution is 7.13. The summed E-state index contributed by atoms with van der Waals surface area (Å²) in [6.07, 6.45) is 4.17. The SMILES string of the molecule is CCCCN1C[C@H]2C(=O)NC3(CCN(C(=O)c4ccc(C)s4)CC3)[C@H]2C1. The van der Waals surface area contributed by atoms with Gasteiger partial charge in [0.1, 0.15) is 0 Å². The Balaban J connectivity index is 1.41. The van der Waals surface area contributed by atoms with E-state index in [0.29, 0.717) is 5.92 Å². The maximum absolute atomic E-state index is 12.7. The summed E-state index contributed by atoms with van der Waals surface area (Å²) in [5.41, 5.74) is -0.0924. The van der Waals surface area contributed by atoms with Crippen molar-refractivity contribution in [2.75, 3.05) is 32.7 Å². The Bertz CT molecular complexity index is 693. The molecule has 2 amide bonds. The number of thiophene rings is 1. The van der Waals surface area contributed by atoms with Crippen molar-refractivity contribution in [3.05, 3.63) is 21.9 Å². The van der Waals surface area contributed by atoms with Crippen LogP contribution in [0.15, 0.2) is 12.1 Å². The van der Waals surface area contributed by atoms with Crippen molar-refractivity contribution < 1.29 is 9.59 Å². The predicted molar refractivity (Wildman–Crippen MR) is 103 cm³/mol. The summed E-state index contributed by atoms with van der Waals surface area (Å²) in [4.78, 5) is 31.7. The summed E-state index contributed by atoms with van der Waals surface area (Å²) < 4.78 is 0. The lowest BCUT2D eigenvalue weighted by Crippen LogP contribution is -2.56. The van der Waals surface area contributed by atoms with Crippen LogP contribution in [0, 0.1) is 18.8 Å². The Morgan fingerprint density at radius 2 is 2.08 bits per heavy atom. The number of amides is 2. The van der Waals surface area contributed by atoms with Gasteiger partial charge in [-0.25, -0.2) is 0 Å². The van der Waals surface area contributed by atoms with Crippen molar-refractivity contribution in [3.8, 4) is 0 Å². The van der Waals surface area contributed by atoms with E-state index in [0.717, 1.165) is 50.4 Å². The number of unbranched alkanes of at least 4 members (excludes halogenated alkanes) is 1. The first-order valence-electron chi connectivity index (χ1n) is 9.92. The molecule has 1 spiro atoms. The van der Waals surface area contributed by atoms with Gasteiger partial charge in [0.05, 0.1) is 10.8 Å². The van der Waals surface area contributed by atoms with Crippen molar-refractivity contribution in [1.82, 2.24) is 15.1 Å². The Kier molecular flexibility index (Phi) is 4.82. The Hall–Kier alpha value is -1.40. The highest BCUT2D eigenvalue weighted by atomic mass is 32.1. The van der Waals surface area contributed by atoms with Crippen LogP contribution < -0.4 is 5.32 Å². The minimum Gasteiger partial charge on any atom is -0.350 e. The summed E-state index contributed by atoms with van der Waals surface area (Å²) in [5.74, 6) is 0.944. The molecule has 3 saturated heterocycles. The molecule has 0 radical (unpaired) electrons. The van der Waals surface area contributed by atoms with Gasteiger partial charge in [0, 0.05) is 42.5 Å². The normalized spacial score (nSPS) is 27.8. The summed E-state index contributed by atoms with van der Waals surface area (Å²) in [6, 6.07) is 3.94. The van der Waals surface area contributed by atoms with Crippen molar-refractivity contribution in [3.63, 3.8) is 0 Å². The van der Waals surface area contributed by atoms with E-state index in [-0.39, 0.29) is 23.3 Å². The first kappa shape index (κ1) is 18.0. The average Bonchev–Trinajstić information content (AvgIpc) is 3.31. The van der Waals surface area contributed by atoms with Gasteiger partial charge in [-0.05, 0) is 44.9 Å². The second kappa shape index (κ2) is 6.97. The second-order valence-corrected chi connectivity index (χ2v) is 9.46. The third kappa shape index (κ3) is 3.07. The molecule has 0 saturated carbocycles. The van der Waals surface area contributed by atoms with Crippen LogP contribution in [0.4, 0.5) is 0 Å². The number of nitrogens with zero attached hydrogens (tertiary/aromatic N) is 2. The zero-order valence-corrected chi connectivity index (χ0v) is 16.6. The number of fused-ring (bicyclic) bond motifs is 2. The molecular formula is C20H29N3O2S. The van der Waals surface area contributed by atoms with Gasteiger partial charge in [0.15, 0.2) is 0 Å². The molecule has 3 aliphatic rings. The van der Waals surface area contributed by atoms with Crippen LogP contribution in [0.5, 0.6) is 0 Å². The quantitative estimate of drug-likeness (QED) is 0.880. The lowest BCUT2D eigenvalue weighted by atomic mass is 9.75. The molecule has 26 heavy (non-hydrogen) atoms. The van der Waals surface area contributed by atoms with Gasteiger partial charge in [0.25, 0.3) is 5.91 Å². The van der Waals surface area contributed by atoms with Crippen molar-refractivity contribution in [2.24, 2.45) is 11.8 Å². The van der Waals surface area contributed by atoms with E-state index in [1.54, 1.807) is 11.3 Å². The third-order valence-electron chi connectivity index (χ3n) is 6.54. The number of hydrogen-bond donors (Lipinski definition) is 1. The predicted octanol–water partition coefficient (Wildman–Crippen LogP) is 2.51. The molecule has 0 bridgehead atoms. The first-order valence-corrected chi connectivity index (χ1v) is 10.7. The van der Waals surface area contributed by atoms with Crippen molar-refractivity contribution >= 4 is 23.2 Å². The largest absolute Gasteiger partial charge is 0.350 e. The van der Waals surface area contributed by atoms with Gasteiger partial charge in [-0.3, -0.25) is 9.59 Å². The number of rotatable bonds is 4. The molecule has 5 nitrogen and oxygen atoms in total. The fourth-order valence-corrected chi connectivity index (χ4v) is 5.85. The number of carbonyl (C=O) groups excluding carboxylic acids is 2. The van der Waals surface area contributed by atoms with E-state index in [4.69, 9.17) is 0 Å². The molecule has 4 rings (SSSR count). The maximum atomic E-state index is 12.7. The topological polar surface area (TPSA) is 52.7 Å². The van der Waals surface area contributed by atoms with E-state index < -0.39 is 0 Å². The number of likely N-dealkylation sites (tertiary alicyclic amines) is 2. The third-order valence-corrected chi connectivity index (χ3v) is 7.52. The molecule has 1 aromatic heterocycles. The fourth-order valence-electron chi connectivity index (χ4n) is 5.02. The Morgan fingerprint density at radius 3 is 2.73 bits per heavy atom. The number of carbonyl (C=O) groups is 2. The van der Waals surface area contributed by atoms with Gasteiger partial charge in [-0.2, -0.15) is 0 Å². The summed E-state index contributed by atoms with van der Waals surface area (Å²) in [5, 5.41) is 3.35. The minimum absolute atomic E-state index is 0.0924. The minimum atomic E-state index is -0.0924. The van der Waals surface area contributed by atoms with Crippen LogP contribution in [0.3, 0.4) is 0 Å².